The van der Waals surface area contributed by atoms with Gasteiger partial charge in [0.25, 0.3) is 0 Å². The molecule has 0 aromatic rings. The van der Waals surface area contributed by atoms with Gasteiger partial charge < -0.3 is 20.3 Å². The van der Waals surface area contributed by atoms with Crippen LogP contribution in [-0.4, -0.2) is 47.4 Å². The van der Waals surface area contributed by atoms with Gasteiger partial charge in [-0.25, -0.2) is 0 Å². The van der Waals surface area contributed by atoms with Gasteiger partial charge in [0.15, 0.2) is 0 Å². The maximum Gasteiger partial charge on any atom is 0.305 e. The highest BCUT2D eigenvalue weighted by atomic mass is 16.5. The van der Waals surface area contributed by atoms with Crippen LogP contribution in [0.25, 0.3) is 0 Å². The van der Waals surface area contributed by atoms with Crippen LogP contribution in [0.5, 0.6) is 0 Å². The first kappa shape index (κ1) is 74.1. The first-order valence-corrected chi connectivity index (χ1v) is 34.3. The van der Waals surface area contributed by atoms with Crippen molar-refractivity contribution in [3.63, 3.8) is 0 Å². The molecule has 0 aliphatic rings. The number of ether oxygens (including phenoxy) is 1. The number of hydrogen-bond acceptors (Lipinski definition) is 5. The third-order valence-electron chi connectivity index (χ3n) is 15.9. The van der Waals surface area contributed by atoms with E-state index in [-0.39, 0.29) is 18.5 Å². The number of amides is 1. The number of hydrogen-bond donors (Lipinski definition) is 3. The highest BCUT2D eigenvalue weighted by Crippen LogP contribution is 2.18. The molecule has 1 amide bonds. The van der Waals surface area contributed by atoms with Gasteiger partial charge in [-0.1, -0.05) is 314 Å². The van der Waals surface area contributed by atoms with Crippen molar-refractivity contribution in [3.8, 4) is 0 Å². The molecule has 448 valence electrons. The Balaban J connectivity index is 3.33. The monoisotopic (exact) mass is 1070 g/mol. The summed E-state index contributed by atoms with van der Waals surface area (Å²) in [4.78, 5) is 24.5. The topological polar surface area (TPSA) is 95.9 Å². The average molecular weight is 1070 g/mol. The molecule has 0 saturated heterocycles. The number of unbranched alkanes of at least 4 members (excludes halogenated alkanes) is 49. The zero-order valence-corrected chi connectivity index (χ0v) is 51.3. The second kappa shape index (κ2) is 65.6. The molecule has 2 atom stereocenters. The van der Waals surface area contributed by atoms with Crippen LogP contribution in [0.4, 0.5) is 0 Å². The Morgan fingerprint density at radius 1 is 0.355 bits per heavy atom. The van der Waals surface area contributed by atoms with Gasteiger partial charge in [-0.2, -0.15) is 0 Å². The number of carbonyl (C=O) groups is 2. The molecule has 0 aliphatic carbocycles. The van der Waals surface area contributed by atoms with Crippen molar-refractivity contribution in [2.24, 2.45) is 0 Å². The molecule has 2 unspecified atom stereocenters. The zero-order chi connectivity index (χ0) is 55.0. The fourth-order valence-electron chi connectivity index (χ4n) is 10.6. The first-order chi connectivity index (χ1) is 37.5. The Morgan fingerprint density at radius 3 is 0.934 bits per heavy atom. The second-order valence-corrected chi connectivity index (χ2v) is 23.5. The van der Waals surface area contributed by atoms with Crippen molar-refractivity contribution in [1.29, 1.82) is 0 Å². The fourth-order valence-corrected chi connectivity index (χ4v) is 10.6. The lowest BCUT2D eigenvalue weighted by Crippen LogP contribution is -2.45. The Kier molecular flexibility index (Phi) is 63.9. The summed E-state index contributed by atoms with van der Waals surface area (Å²) >= 11 is 0. The summed E-state index contributed by atoms with van der Waals surface area (Å²) in [6.07, 6.45) is 83.8. The minimum atomic E-state index is -0.840. The van der Waals surface area contributed by atoms with Crippen LogP contribution in [0, 0.1) is 0 Å². The van der Waals surface area contributed by atoms with Crippen molar-refractivity contribution in [3.05, 3.63) is 36.5 Å². The largest absolute Gasteiger partial charge is 0.466 e. The summed E-state index contributed by atoms with van der Waals surface area (Å²) < 4.78 is 5.49. The smallest absolute Gasteiger partial charge is 0.305 e. The predicted octanol–water partition coefficient (Wildman–Crippen LogP) is 21.9. The molecule has 0 aliphatic heterocycles. The molecule has 76 heavy (non-hydrogen) atoms. The van der Waals surface area contributed by atoms with Crippen molar-refractivity contribution >= 4 is 11.9 Å². The minimum absolute atomic E-state index is 0.0112. The quantitative estimate of drug-likeness (QED) is 0.0320. The molecule has 6 nitrogen and oxygen atoms in total. The van der Waals surface area contributed by atoms with Crippen molar-refractivity contribution in [2.75, 3.05) is 13.2 Å². The van der Waals surface area contributed by atoms with E-state index in [1.54, 1.807) is 6.08 Å². The molecule has 0 rings (SSSR count). The molecule has 0 bridgehead atoms. The van der Waals surface area contributed by atoms with E-state index in [2.05, 4.69) is 43.5 Å². The summed E-state index contributed by atoms with van der Waals surface area (Å²) in [7, 11) is 0. The SMILES string of the molecule is CCCCCCCCC/C=C\CCCCCCCC(=O)OCCCCCCCCCCCCCC/C=C\CCCCCCCCCCCCCCCCCCCC(=O)NC(CO)C(O)/C=C/CCCCCCCCCC. The van der Waals surface area contributed by atoms with Gasteiger partial charge in [-0.05, 0) is 83.5 Å². The summed E-state index contributed by atoms with van der Waals surface area (Å²) in [6.45, 7) is 4.90. The van der Waals surface area contributed by atoms with Crippen molar-refractivity contribution in [1.82, 2.24) is 5.32 Å². The third-order valence-corrected chi connectivity index (χ3v) is 15.9. The van der Waals surface area contributed by atoms with Gasteiger partial charge in [0.2, 0.25) is 5.91 Å². The van der Waals surface area contributed by atoms with Crippen LogP contribution in [0.2, 0.25) is 0 Å². The van der Waals surface area contributed by atoms with E-state index in [1.165, 1.54) is 302 Å². The second-order valence-electron chi connectivity index (χ2n) is 23.5. The lowest BCUT2D eigenvalue weighted by Gasteiger charge is -2.20. The summed E-state index contributed by atoms with van der Waals surface area (Å²) in [5.41, 5.74) is 0. The van der Waals surface area contributed by atoms with E-state index in [4.69, 9.17) is 4.74 Å². The maximum atomic E-state index is 12.4. The molecule has 0 fully saturated rings. The Bertz CT molecular complexity index is 1230. The Labute approximate surface area is 474 Å². The fraction of sp³-hybridized carbons (Fsp3) is 0.886. The lowest BCUT2D eigenvalue weighted by molar-refractivity contribution is -0.143. The highest BCUT2D eigenvalue weighted by molar-refractivity contribution is 5.76. The molecule has 0 heterocycles. The molecule has 0 radical (unpaired) electrons. The standard InChI is InChI=1S/C70H133NO5/c1-3-5-7-9-11-13-15-16-17-38-41-44-48-52-56-60-64-70(75)76-65-61-57-53-49-45-42-39-36-34-32-30-28-26-24-22-20-18-19-21-23-25-27-29-31-33-35-37-40-43-47-51-55-59-63-69(74)71-67(66-72)68(73)62-58-54-50-46-14-12-10-8-6-4-2/h17,22,24,38,58,62,67-68,72-73H,3-16,18-21,23,25-37,39-57,59-61,63-66H2,1-2H3,(H,71,74)/b24-22-,38-17-,62-58+. The van der Waals surface area contributed by atoms with E-state index >= 15 is 0 Å². The van der Waals surface area contributed by atoms with Gasteiger partial charge in [-0.3, -0.25) is 9.59 Å². The van der Waals surface area contributed by atoms with E-state index < -0.39 is 12.1 Å². The number of nitrogens with one attached hydrogen (secondary N) is 1. The zero-order valence-electron chi connectivity index (χ0n) is 51.3. The van der Waals surface area contributed by atoms with Crippen LogP contribution < -0.4 is 5.32 Å². The molecular weight excluding hydrogens is 935 g/mol. The number of esters is 1. The van der Waals surface area contributed by atoms with Crippen LogP contribution >= 0.6 is 0 Å². The molecule has 0 aromatic carbocycles. The lowest BCUT2D eigenvalue weighted by atomic mass is 10.0. The highest BCUT2D eigenvalue weighted by Gasteiger charge is 2.18. The molecule has 0 aromatic heterocycles. The van der Waals surface area contributed by atoms with Crippen LogP contribution in [0.15, 0.2) is 36.5 Å². The summed E-state index contributed by atoms with van der Waals surface area (Å²) in [6, 6.07) is -0.624. The van der Waals surface area contributed by atoms with Crippen molar-refractivity contribution < 1.29 is 24.5 Å². The van der Waals surface area contributed by atoms with Gasteiger partial charge >= 0.3 is 5.97 Å². The Morgan fingerprint density at radius 2 is 0.618 bits per heavy atom. The maximum absolute atomic E-state index is 12.4. The van der Waals surface area contributed by atoms with Gasteiger partial charge in [0.05, 0.1) is 25.4 Å². The number of allylic oxidation sites excluding steroid dienone is 5. The van der Waals surface area contributed by atoms with Crippen LogP contribution in [-0.2, 0) is 14.3 Å². The first-order valence-electron chi connectivity index (χ1n) is 34.3. The number of aliphatic hydroxyl groups is 2. The number of rotatable bonds is 64. The molecule has 3 N–H and O–H groups in total. The number of carbonyl (C=O) groups excluding carboxylic acids is 2. The predicted molar refractivity (Wildman–Crippen MR) is 333 cm³/mol. The average Bonchev–Trinajstić information content (AvgIpc) is 3.42. The van der Waals surface area contributed by atoms with E-state index in [0.29, 0.717) is 19.4 Å². The van der Waals surface area contributed by atoms with E-state index in [0.717, 1.165) is 44.9 Å². The molecule has 0 spiro atoms. The summed E-state index contributed by atoms with van der Waals surface area (Å²) in [5.74, 6) is -0.0546. The van der Waals surface area contributed by atoms with Crippen molar-refractivity contribution in [2.45, 2.75) is 386 Å². The van der Waals surface area contributed by atoms with Gasteiger partial charge in [0, 0.05) is 12.8 Å². The molecule has 6 heteroatoms. The molecular formula is C70H133NO5. The van der Waals surface area contributed by atoms with Gasteiger partial charge in [-0.15, -0.1) is 0 Å². The normalized spacial score (nSPS) is 12.7. The minimum Gasteiger partial charge on any atom is -0.466 e. The van der Waals surface area contributed by atoms with Crippen LogP contribution in [0.1, 0.15) is 373 Å². The molecule has 0 saturated carbocycles. The number of aliphatic hydroxyl groups excluding tert-OH is 2. The van der Waals surface area contributed by atoms with Crippen LogP contribution in [0.3, 0.4) is 0 Å². The Hall–Kier alpha value is -1.92. The van der Waals surface area contributed by atoms with E-state index in [1.807, 2.05) is 6.08 Å². The van der Waals surface area contributed by atoms with Gasteiger partial charge in [0.1, 0.15) is 0 Å². The summed E-state index contributed by atoms with van der Waals surface area (Å²) in [5, 5.41) is 23.0. The van der Waals surface area contributed by atoms with E-state index in [9.17, 15) is 19.8 Å². The third kappa shape index (κ3) is 61.3.